The van der Waals surface area contributed by atoms with Crippen molar-refractivity contribution >= 4 is 43.0 Å². The fourth-order valence-corrected chi connectivity index (χ4v) is 0. The third kappa shape index (κ3) is 6870. The van der Waals surface area contributed by atoms with Gasteiger partial charge in [-0.3, -0.25) is 0 Å². The Morgan fingerprint density at radius 2 is 1.11 bits per heavy atom. The van der Waals surface area contributed by atoms with E-state index >= 15 is 0 Å². The van der Waals surface area contributed by atoms with Crippen molar-refractivity contribution in [2.24, 2.45) is 0 Å². The van der Waals surface area contributed by atoms with Crippen LogP contribution in [-0.4, -0.2) is 68.3 Å². The molecule has 6 nitrogen and oxygen atoms in total. The van der Waals surface area contributed by atoms with Crippen LogP contribution in [0.5, 0.6) is 0 Å². The second-order valence-corrected chi connectivity index (χ2v) is 0.629. The van der Waals surface area contributed by atoms with Gasteiger partial charge >= 0.3 is 43.0 Å². The van der Waals surface area contributed by atoms with Gasteiger partial charge in [0.1, 0.15) is 0 Å². The van der Waals surface area contributed by atoms with Crippen molar-refractivity contribution in [3.05, 3.63) is 0 Å². The third-order valence-corrected chi connectivity index (χ3v) is 0. The molecule has 0 aromatic heterocycles. The summed E-state index contributed by atoms with van der Waals surface area (Å²) in [5.41, 5.74) is 0. The van der Waals surface area contributed by atoms with Gasteiger partial charge in [-0.15, -0.1) is 0 Å². The summed E-state index contributed by atoms with van der Waals surface area (Å²) in [4.78, 5) is 8.56. The molecule has 50 valence electrons. The van der Waals surface area contributed by atoms with Crippen LogP contribution in [0.4, 0.5) is 4.79 Å². The van der Waals surface area contributed by atoms with E-state index in [-0.39, 0.29) is 29.6 Å². The van der Waals surface area contributed by atoms with Gasteiger partial charge in [-0.25, -0.2) is 4.79 Å². The fraction of sp³-hybridized carbons (Fsp3) is 0. The van der Waals surface area contributed by atoms with E-state index in [1.165, 1.54) is 0 Å². The molecule has 0 aliphatic rings. The van der Waals surface area contributed by atoms with Crippen LogP contribution in [0, 0.1) is 0 Å². The summed E-state index contributed by atoms with van der Waals surface area (Å²) in [5, 5.41) is 35.4. The summed E-state index contributed by atoms with van der Waals surface area (Å²) < 4.78 is 0. The van der Waals surface area contributed by atoms with E-state index in [0.717, 1.165) is 0 Å². The Hall–Kier alpha value is 0.215. The standard InChI is InChI=1S/CH2O3.BH3O3.Na.H/c2*2-1(3)4;;/h(H2,2,3,4);2-4H;;. The zero-order valence-corrected chi connectivity index (χ0v) is 3.72. The SMILES string of the molecule is O=C(O)O.OB(O)O.[NaH]. The van der Waals surface area contributed by atoms with Crippen molar-refractivity contribution in [3.8, 4) is 0 Å². The molecule has 0 aliphatic carbocycles. The van der Waals surface area contributed by atoms with E-state index in [1.807, 2.05) is 0 Å². The van der Waals surface area contributed by atoms with Gasteiger partial charge in [0.2, 0.25) is 0 Å². The second kappa shape index (κ2) is 11.1. The molecule has 0 unspecified atom stereocenters. The average molecular weight is 148 g/mol. The minimum absolute atomic E-state index is 0. The van der Waals surface area contributed by atoms with E-state index in [0.29, 0.717) is 0 Å². The number of hydrogen-bond donors (Lipinski definition) is 5. The molecule has 0 aromatic carbocycles. The first kappa shape index (κ1) is 16.1. The van der Waals surface area contributed by atoms with Gasteiger partial charge in [0, 0.05) is 0 Å². The van der Waals surface area contributed by atoms with E-state index in [9.17, 15) is 0 Å². The maximum absolute atomic E-state index is 8.56. The Balaban J connectivity index is -0.0000000720. The molecule has 0 saturated carbocycles. The van der Waals surface area contributed by atoms with Gasteiger partial charge in [-0.2, -0.15) is 0 Å². The molecule has 0 radical (unpaired) electrons. The van der Waals surface area contributed by atoms with Crippen LogP contribution in [0.3, 0.4) is 0 Å². The van der Waals surface area contributed by atoms with Gasteiger partial charge in [-0.1, -0.05) is 0 Å². The van der Waals surface area contributed by atoms with Crippen LogP contribution in [-0.2, 0) is 0 Å². The third-order valence-electron chi connectivity index (χ3n) is 0. The zero-order valence-electron chi connectivity index (χ0n) is 3.72. The van der Waals surface area contributed by atoms with E-state index in [4.69, 9.17) is 30.1 Å². The minimum atomic E-state index is -2.17. The molecule has 0 bridgehead atoms. The molecule has 0 fully saturated rings. The molecule has 0 heterocycles. The van der Waals surface area contributed by atoms with Crippen molar-refractivity contribution < 1.29 is 30.1 Å². The van der Waals surface area contributed by atoms with Crippen LogP contribution in [0.15, 0.2) is 0 Å². The number of carbonyl (C=O) groups is 1. The van der Waals surface area contributed by atoms with E-state index < -0.39 is 13.5 Å². The maximum atomic E-state index is 8.56. The van der Waals surface area contributed by atoms with E-state index in [1.54, 1.807) is 0 Å². The van der Waals surface area contributed by atoms with Crippen molar-refractivity contribution in [2.75, 3.05) is 0 Å². The molecule has 0 atom stereocenters. The molecule has 0 aliphatic heterocycles. The molecular weight excluding hydrogens is 142 g/mol. The van der Waals surface area contributed by atoms with Gasteiger partial charge in [0.05, 0.1) is 0 Å². The Morgan fingerprint density at radius 1 is 1.11 bits per heavy atom. The number of carboxylic acid groups (broad SMARTS) is 2. The van der Waals surface area contributed by atoms with Crippen LogP contribution in [0.25, 0.3) is 0 Å². The zero-order chi connectivity index (χ0) is 7.15. The molecule has 0 saturated heterocycles. The molecule has 0 rings (SSSR count). The summed E-state index contributed by atoms with van der Waals surface area (Å²) >= 11 is 0. The Bertz CT molecular complexity index is 57.3. The molecule has 0 spiro atoms. The normalized spacial score (nSPS) is 5.67. The summed E-state index contributed by atoms with van der Waals surface area (Å²) in [7, 11) is -2.17. The van der Waals surface area contributed by atoms with Crippen molar-refractivity contribution in [3.63, 3.8) is 0 Å². The summed E-state index contributed by atoms with van der Waals surface area (Å²) in [6.45, 7) is 0. The Kier molecular flexibility index (Phi) is 19.8. The van der Waals surface area contributed by atoms with Crippen molar-refractivity contribution in [1.82, 2.24) is 0 Å². The van der Waals surface area contributed by atoms with Gasteiger partial charge in [-0.05, 0) is 0 Å². The molecule has 0 amide bonds. The van der Waals surface area contributed by atoms with Gasteiger partial charge < -0.3 is 25.3 Å². The predicted octanol–water partition coefficient (Wildman–Crippen LogP) is -2.48. The topological polar surface area (TPSA) is 118 Å². The first-order valence-electron chi connectivity index (χ1n) is 1.43. The quantitative estimate of drug-likeness (QED) is 0.243. The predicted molar refractivity (Wildman–Crippen MR) is 30.2 cm³/mol. The first-order chi connectivity index (χ1) is 3.46. The van der Waals surface area contributed by atoms with Crippen LogP contribution >= 0.6 is 0 Å². The number of rotatable bonds is 0. The van der Waals surface area contributed by atoms with Crippen LogP contribution in [0.1, 0.15) is 0 Å². The van der Waals surface area contributed by atoms with Gasteiger partial charge in [0.25, 0.3) is 0 Å². The molecular formula is CH6BNaO6. The number of hydrogen-bond acceptors (Lipinski definition) is 4. The average Bonchev–Trinajstić information content (AvgIpc) is 1.25. The fourth-order valence-electron chi connectivity index (χ4n) is 0. The molecule has 8 heteroatoms. The molecule has 5 N–H and O–H groups in total. The van der Waals surface area contributed by atoms with E-state index in [2.05, 4.69) is 0 Å². The van der Waals surface area contributed by atoms with Gasteiger partial charge in [0.15, 0.2) is 0 Å². The summed E-state index contributed by atoms with van der Waals surface area (Å²) in [6.07, 6.45) is -1.83. The monoisotopic (exact) mass is 148 g/mol. The molecule has 9 heavy (non-hydrogen) atoms. The summed E-state index contributed by atoms with van der Waals surface area (Å²) in [5.74, 6) is 0. The van der Waals surface area contributed by atoms with Crippen LogP contribution in [0.2, 0.25) is 0 Å². The second-order valence-electron chi connectivity index (χ2n) is 0.629. The Morgan fingerprint density at radius 3 is 1.11 bits per heavy atom. The summed E-state index contributed by atoms with van der Waals surface area (Å²) in [6, 6.07) is 0. The van der Waals surface area contributed by atoms with Crippen molar-refractivity contribution in [1.29, 1.82) is 0 Å². The van der Waals surface area contributed by atoms with Crippen molar-refractivity contribution in [2.45, 2.75) is 0 Å². The Labute approximate surface area is 73.2 Å². The molecule has 0 aromatic rings. The first-order valence-corrected chi connectivity index (χ1v) is 1.43. The van der Waals surface area contributed by atoms with Crippen LogP contribution < -0.4 is 0 Å².